The van der Waals surface area contributed by atoms with Crippen LogP contribution in [0.3, 0.4) is 0 Å². The molecule has 1 aliphatic carbocycles. The molecule has 0 bridgehead atoms. The molecule has 1 atom stereocenters. The highest BCUT2D eigenvalue weighted by atomic mass is 16.1. The molecule has 0 aromatic heterocycles. The molecule has 0 radical (unpaired) electrons. The maximum absolute atomic E-state index is 12.5. The van der Waals surface area contributed by atoms with Gasteiger partial charge in [-0.3, -0.25) is 4.79 Å². The van der Waals surface area contributed by atoms with Crippen molar-refractivity contribution < 1.29 is 4.79 Å². The number of ketones is 1. The number of hydrogen-bond acceptors (Lipinski definition) is 1. The summed E-state index contributed by atoms with van der Waals surface area (Å²) in [7, 11) is 0. The number of hydrogen-bond donors (Lipinski definition) is 0. The lowest BCUT2D eigenvalue weighted by atomic mass is 9.88. The van der Waals surface area contributed by atoms with Gasteiger partial charge in [-0.05, 0) is 59.8 Å². The van der Waals surface area contributed by atoms with Gasteiger partial charge < -0.3 is 0 Å². The zero-order chi connectivity index (χ0) is 15.8. The molecule has 1 heteroatoms. The molecule has 0 aromatic rings. The fourth-order valence-corrected chi connectivity index (χ4v) is 2.69. The third kappa shape index (κ3) is 6.75. The molecule has 21 heavy (non-hydrogen) atoms. The van der Waals surface area contributed by atoms with Crippen LogP contribution in [0.5, 0.6) is 0 Å². The van der Waals surface area contributed by atoms with Crippen molar-refractivity contribution >= 4 is 5.78 Å². The van der Waals surface area contributed by atoms with Crippen LogP contribution in [0, 0.1) is 5.92 Å². The molecule has 0 heterocycles. The van der Waals surface area contributed by atoms with Crippen LogP contribution in [-0.2, 0) is 4.79 Å². The third-order valence-electron chi connectivity index (χ3n) is 4.20. The average molecular weight is 286 g/mol. The Labute approximate surface area is 130 Å². The van der Waals surface area contributed by atoms with Gasteiger partial charge in [0.05, 0.1) is 0 Å². The van der Waals surface area contributed by atoms with Crippen molar-refractivity contribution in [1.82, 2.24) is 0 Å². The SMILES string of the molecule is C=C(C)[C@@H]1CC=C(C)CCC=C(C)CCC=C(C)CC1=O. The molecule has 116 valence electrons. The van der Waals surface area contributed by atoms with Crippen LogP contribution in [-0.4, -0.2) is 5.78 Å². The van der Waals surface area contributed by atoms with E-state index in [4.69, 9.17) is 0 Å². The molecule has 0 fully saturated rings. The van der Waals surface area contributed by atoms with E-state index < -0.39 is 0 Å². The summed E-state index contributed by atoms with van der Waals surface area (Å²) in [6.45, 7) is 12.4. The molecular formula is C20H30O. The van der Waals surface area contributed by atoms with Gasteiger partial charge in [-0.15, -0.1) is 0 Å². The van der Waals surface area contributed by atoms with Crippen LogP contribution in [0.25, 0.3) is 0 Å². The summed E-state index contributed by atoms with van der Waals surface area (Å²) < 4.78 is 0. The normalized spacial score (nSPS) is 22.8. The molecular weight excluding hydrogens is 256 g/mol. The van der Waals surface area contributed by atoms with Gasteiger partial charge in [0.2, 0.25) is 0 Å². The number of Topliss-reactive ketones (excluding diaryl/α,β-unsaturated/α-hetero) is 1. The van der Waals surface area contributed by atoms with Crippen LogP contribution in [0.2, 0.25) is 0 Å². The van der Waals surface area contributed by atoms with E-state index in [1.54, 1.807) is 0 Å². The lowest BCUT2D eigenvalue weighted by Crippen LogP contribution is -2.15. The molecule has 0 unspecified atom stereocenters. The third-order valence-corrected chi connectivity index (χ3v) is 4.20. The summed E-state index contributed by atoms with van der Waals surface area (Å²) in [5, 5.41) is 0. The second-order valence-corrected chi connectivity index (χ2v) is 6.51. The fraction of sp³-hybridized carbons (Fsp3) is 0.550. The number of allylic oxidation sites excluding steroid dienone is 7. The van der Waals surface area contributed by atoms with Crippen LogP contribution < -0.4 is 0 Å². The zero-order valence-corrected chi connectivity index (χ0v) is 14.2. The lowest BCUT2D eigenvalue weighted by molar-refractivity contribution is -0.121. The highest BCUT2D eigenvalue weighted by Gasteiger charge is 2.18. The van der Waals surface area contributed by atoms with Gasteiger partial charge in [0, 0.05) is 12.3 Å². The molecule has 0 N–H and O–H groups in total. The first-order valence-corrected chi connectivity index (χ1v) is 8.05. The highest BCUT2D eigenvalue weighted by molar-refractivity contribution is 5.85. The zero-order valence-electron chi connectivity index (χ0n) is 14.2. The Bertz CT molecular complexity index is 474. The second kappa shape index (κ2) is 8.81. The number of rotatable bonds is 1. The van der Waals surface area contributed by atoms with E-state index in [2.05, 4.69) is 45.6 Å². The largest absolute Gasteiger partial charge is 0.299 e. The molecule has 1 aliphatic rings. The van der Waals surface area contributed by atoms with Crippen LogP contribution in [0.1, 0.15) is 66.2 Å². The van der Waals surface area contributed by atoms with Crippen LogP contribution in [0.4, 0.5) is 0 Å². The van der Waals surface area contributed by atoms with Gasteiger partial charge >= 0.3 is 0 Å². The van der Waals surface area contributed by atoms with E-state index in [0.29, 0.717) is 12.2 Å². The maximum Gasteiger partial charge on any atom is 0.144 e. The first kappa shape index (κ1) is 17.7. The van der Waals surface area contributed by atoms with E-state index in [9.17, 15) is 4.79 Å². The topological polar surface area (TPSA) is 17.1 Å². The van der Waals surface area contributed by atoms with Crippen molar-refractivity contribution in [2.45, 2.75) is 66.2 Å². The minimum atomic E-state index is -0.0245. The first-order chi connectivity index (χ1) is 9.90. The van der Waals surface area contributed by atoms with Crippen molar-refractivity contribution in [3.8, 4) is 0 Å². The van der Waals surface area contributed by atoms with E-state index in [-0.39, 0.29) is 5.92 Å². The van der Waals surface area contributed by atoms with Gasteiger partial charge in [-0.1, -0.05) is 47.1 Å². The van der Waals surface area contributed by atoms with E-state index >= 15 is 0 Å². The van der Waals surface area contributed by atoms with Crippen LogP contribution >= 0.6 is 0 Å². The molecule has 0 saturated carbocycles. The minimum absolute atomic E-state index is 0.0245. The van der Waals surface area contributed by atoms with Crippen LogP contribution in [0.15, 0.2) is 47.1 Å². The maximum atomic E-state index is 12.5. The van der Waals surface area contributed by atoms with E-state index in [1.165, 1.54) is 16.7 Å². The summed E-state index contributed by atoms with van der Waals surface area (Å²) >= 11 is 0. The highest BCUT2D eigenvalue weighted by Crippen LogP contribution is 2.22. The summed E-state index contributed by atoms with van der Waals surface area (Å²) in [5.74, 6) is 0.285. The van der Waals surface area contributed by atoms with Gasteiger partial charge in [0.1, 0.15) is 5.78 Å². The fourth-order valence-electron chi connectivity index (χ4n) is 2.69. The Balaban J connectivity index is 2.92. The predicted molar refractivity (Wildman–Crippen MR) is 92.3 cm³/mol. The Kier molecular flexibility index (Phi) is 7.42. The number of carbonyl (C=O) groups is 1. The molecule has 0 saturated heterocycles. The summed E-state index contributed by atoms with van der Waals surface area (Å²) in [5.41, 5.74) is 5.01. The molecule has 0 aromatic carbocycles. The first-order valence-electron chi connectivity index (χ1n) is 8.05. The van der Waals surface area contributed by atoms with Gasteiger partial charge in [-0.25, -0.2) is 0 Å². The number of carbonyl (C=O) groups excluding carboxylic acids is 1. The summed E-state index contributed by atoms with van der Waals surface area (Å²) in [6.07, 6.45) is 12.5. The Hall–Kier alpha value is -1.37. The molecule has 1 nitrogen and oxygen atoms in total. The van der Waals surface area contributed by atoms with Crippen molar-refractivity contribution in [3.05, 3.63) is 47.1 Å². The van der Waals surface area contributed by atoms with Gasteiger partial charge in [0.25, 0.3) is 0 Å². The van der Waals surface area contributed by atoms with Gasteiger partial charge in [0.15, 0.2) is 0 Å². The predicted octanol–water partition coefficient (Wildman–Crippen LogP) is 5.94. The Morgan fingerprint density at radius 1 is 1.00 bits per heavy atom. The lowest BCUT2D eigenvalue weighted by Gasteiger charge is -2.15. The minimum Gasteiger partial charge on any atom is -0.299 e. The van der Waals surface area contributed by atoms with E-state index in [0.717, 1.165) is 37.7 Å². The summed E-state index contributed by atoms with van der Waals surface area (Å²) in [6, 6.07) is 0. The van der Waals surface area contributed by atoms with Gasteiger partial charge in [-0.2, -0.15) is 0 Å². The quantitative estimate of drug-likeness (QED) is 0.545. The average Bonchev–Trinajstić information content (AvgIpc) is 2.37. The monoisotopic (exact) mass is 286 g/mol. The van der Waals surface area contributed by atoms with Crippen molar-refractivity contribution in [2.24, 2.45) is 5.92 Å². The standard InChI is InChI=1S/C20H30O/c1-15(2)19-13-12-17(4)10-6-8-16(3)9-7-11-18(5)14-20(19)21/h8,11-12,19H,1,6-7,9-10,13-14H2,2-5H3/t19-/m0/s1. The Morgan fingerprint density at radius 2 is 1.52 bits per heavy atom. The molecule has 0 spiro atoms. The molecule has 1 rings (SSSR count). The van der Waals surface area contributed by atoms with Crippen molar-refractivity contribution in [3.63, 3.8) is 0 Å². The van der Waals surface area contributed by atoms with Crippen molar-refractivity contribution in [1.29, 1.82) is 0 Å². The van der Waals surface area contributed by atoms with E-state index in [1.807, 2.05) is 6.92 Å². The molecule has 0 amide bonds. The summed E-state index contributed by atoms with van der Waals surface area (Å²) in [4.78, 5) is 12.5. The van der Waals surface area contributed by atoms with Crippen molar-refractivity contribution in [2.75, 3.05) is 0 Å². The molecule has 0 aliphatic heterocycles. The second-order valence-electron chi connectivity index (χ2n) is 6.51. The Morgan fingerprint density at radius 3 is 2.10 bits per heavy atom. The smallest absolute Gasteiger partial charge is 0.144 e.